The largest absolute Gasteiger partial charge is 0.496 e. The topological polar surface area (TPSA) is 85.2 Å². The van der Waals surface area contributed by atoms with Crippen molar-refractivity contribution in [2.75, 3.05) is 13.7 Å². The highest BCUT2D eigenvalue weighted by molar-refractivity contribution is 5.97. The molecule has 0 fully saturated rings. The molecule has 3 rings (SSSR count). The van der Waals surface area contributed by atoms with E-state index in [1.807, 2.05) is 28.8 Å². The number of unbranched alkanes of at least 4 members (excludes halogenated alkanes) is 1. The molecule has 1 aliphatic rings. The Morgan fingerprint density at radius 3 is 2.79 bits per heavy atom. The van der Waals surface area contributed by atoms with Gasteiger partial charge in [0.2, 0.25) is 0 Å². The zero-order valence-electron chi connectivity index (χ0n) is 16.6. The van der Waals surface area contributed by atoms with Crippen LogP contribution in [-0.4, -0.2) is 35.0 Å². The second kappa shape index (κ2) is 9.39. The molecular formula is C21H28N4O3. The zero-order valence-corrected chi connectivity index (χ0v) is 16.6. The van der Waals surface area contributed by atoms with Crippen LogP contribution in [0.1, 0.15) is 65.0 Å². The molecule has 7 nitrogen and oxygen atoms in total. The van der Waals surface area contributed by atoms with Crippen molar-refractivity contribution in [2.24, 2.45) is 0 Å². The van der Waals surface area contributed by atoms with Gasteiger partial charge < -0.3 is 19.9 Å². The van der Waals surface area contributed by atoms with Gasteiger partial charge in [0.1, 0.15) is 11.4 Å². The smallest absolute Gasteiger partial charge is 0.287 e. The lowest BCUT2D eigenvalue weighted by Gasteiger charge is -2.17. The molecule has 0 saturated carbocycles. The van der Waals surface area contributed by atoms with Gasteiger partial charge in [0.25, 0.3) is 11.8 Å². The third-order valence-corrected chi connectivity index (χ3v) is 4.98. The molecule has 7 heteroatoms. The van der Waals surface area contributed by atoms with Crippen molar-refractivity contribution in [1.29, 1.82) is 0 Å². The van der Waals surface area contributed by atoms with Crippen molar-refractivity contribution in [3.05, 3.63) is 47.0 Å². The summed E-state index contributed by atoms with van der Waals surface area (Å²) < 4.78 is 7.24. The normalized spacial score (nSPS) is 12.9. The Hall–Kier alpha value is -2.83. The van der Waals surface area contributed by atoms with E-state index in [-0.39, 0.29) is 11.8 Å². The fourth-order valence-electron chi connectivity index (χ4n) is 3.46. The van der Waals surface area contributed by atoms with Crippen LogP contribution in [0, 0.1) is 0 Å². The van der Waals surface area contributed by atoms with E-state index in [2.05, 4.69) is 22.5 Å². The quantitative estimate of drug-likeness (QED) is 0.685. The number of nitrogens with zero attached hydrogens (tertiary/aromatic N) is 2. The maximum absolute atomic E-state index is 12.8. The Bertz CT molecular complexity index is 844. The first-order chi connectivity index (χ1) is 13.7. The number of rotatable bonds is 8. The molecule has 2 N–H and O–H groups in total. The summed E-state index contributed by atoms with van der Waals surface area (Å²) in [6, 6.07) is 7.56. The van der Waals surface area contributed by atoms with E-state index in [1.165, 1.54) is 0 Å². The lowest BCUT2D eigenvalue weighted by Crippen LogP contribution is -2.28. The molecule has 1 aliphatic heterocycles. The van der Waals surface area contributed by atoms with E-state index in [1.54, 1.807) is 7.11 Å². The third-order valence-electron chi connectivity index (χ3n) is 4.98. The Kier molecular flexibility index (Phi) is 6.68. The lowest BCUT2D eigenvalue weighted by atomic mass is 10.1. The van der Waals surface area contributed by atoms with Gasteiger partial charge >= 0.3 is 0 Å². The van der Waals surface area contributed by atoms with Gasteiger partial charge in [0, 0.05) is 25.2 Å². The Morgan fingerprint density at radius 1 is 1.18 bits per heavy atom. The number of amides is 2. The minimum absolute atomic E-state index is 0.208. The van der Waals surface area contributed by atoms with Gasteiger partial charge in [-0.1, -0.05) is 31.5 Å². The number of hydrogen-bond acceptors (Lipinski definition) is 4. The maximum atomic E-state index is 12.8. The first-order valence-corrected chi connectivity index (χ1v) is 9.93. The molecule has 2 aromatic rings. The molecule has 150 valence electrons. The van der Waals surface area contributed by atoms with Crippen molar-refractivity contribution >= 4 is 11.8 Å². The molecule has 0 radical (unpaired) electrons. The highest BCUT2D eigenvalue weighted by atomic mass is 16.5. The summed E-state index contributed by atoms with van der Waals surface area (Å²) in [5.41, 5.74) is 2.10. The Morgan fingerprint density at radius 2 is 2.00 bits per heavy atom. The molecule has 0 unspecified atom stereocenters. The van der Waals surface area contributed by atoms with Gasteiger partial charge in [-0.2, -0.15) is 0 Å². The summed E-state index contributed by atoms with van der Waals surface area (Å²) in [6.07, 6.45) is 4.67. The SMILES string of the molecule is CCCCNC(=O)c1nc(C(=O)NCc2ccccc2OC)c2n1CCCC2. The lowest BCUT2D eigenvalue weighted by molar-refractivity contribution is 0.0937. The predicted molar refractivity (Wildman–Crippen MR) is 107 cm³/mol. The Labute approximate surface area is 165 Å². The van der Waals surface area contributed by atoms with Gasteiger partial charge in [0.15, 0.2) is 5.82 Å². The summed E-state index contributed by atoms with van der Waals surface area (Å²) in [6.45, 7) is 3.76. The number of carbonyl (C=O) groups excluding carboxylic acids is 2. The monoisotopic (exact) mass is 384 g/mol. The second-order valence-electron chi connectivity index (χ2n) is 6.94. The van der Waals surface area contributed by atoms with E-state index in [0.717, 1.165) is 55.7 Å². The number of methoxy groups -OCH3 is 1. The highest BCUT2D eigenvalue weighted by Gasteiger charge is 2.27. The molecule has 0 aliphatic carbocycles. The van der Waals surface area contributed by atoms with Crippen LogP contribution < -0.4 is 15.4 Å². The van der Waals surface area contributed by atoms with Gasteiger partial charge in [-0.3, -0.25) is 9.59 Å². The molecule has 28 heavy (non-hydrogen) atoms. The second-order valence-corrected chi connectivity index (χ2v) is 6.94. The molecule has 2 heterocycles. The predicted octanol–water partition coefficient (Wildman–Crippen LogP) is 2.69. The number of imidazole rings is 1. The van der Waals surface area contributed by atoms with Crippen molar-refractivity contribution in [1.82, 2.24) is 20.2 Å². The van der Waals surface area contributed by atoms with Gasteiger partial charge in [-0.15, -0.1) is 0 Å². The molecule has 0 atom stereocenters. The summed E-state index contributed by atoms with van der Waals surface area (Å²) in [5, 5.41) is 5.82. The molecule has 0 spiro atoms. The number of benzene rings is 1. The molecule has 0 bridgehead atoms. The van der Waals surface area contributed by atoms with Crippen LogP contribution in [0.25, 0.3) is 0 Å². The van der Waals surface area contributed by atoms with E-state index in [9.17, 15) is 9.59 Å². The van der Waals surface area contributed by atoms with Crippen LogP contribution in [0.5, 0.6) is 5.75 Å². The summed E-state index contributed by atoms with van der Waals surface area (Å²) in [4.78, 5) is 29.8. The van der Waals surface area contributed by atoms with Crippen LogP contribution in [0.15, 0.2) is 24.3 Å². The van der Waals surface area contributed by atoms with E-state index in [0.29, 0.717) is 24.6 Å². The maximum Gasteiger partial charge on any atom is 0.287 e. The van der Waals surface area contributed by atoms with Crippen LogP contribution in [0.4, 0.5) is 0 Å². The fraction of sp³-hybridized carbons (Fsp3) is 0.476. The Balaban J connectivity index is 1.77. The number of ether oxygens (including phenoxy) is 1. The number of fused-ring (bicyclic) bond motifs is 1. The van der Waals surface area contributed by atoms with E-state index in [4.69, 9.17) is 4.74 Å². The molecular weight excluding hydrogens is 356 g/mol. The summed E-state index contributed by atoms with van der Waals surface area (Å²) >= 11 is 0. The molecule has 1 aromatic carbocycles. The van der Waals surface area contributed by atoms with Crippen molar-refractivity contribution in [2.45, 2.75) is 52.1 Å². The number of nitrogens with one attached hydrogen (secondary N) is 2. The summed E-state index contributed by atoms with van der Waals surface area (Å²) in [7, 11) is 1.61. The fourth-order valence-corrected chi connectivity index (χ4v) is 3.46. The van der Waals surface area contributed by atoms with Gasteiger partial charge in [-0.05, 0) is 31.7 Å². The standard InChI is InChI=1S/C21H28N4O3/c1-3-4-12-22-21(27)19-24-18(16-10-7-8-13-25(16)19)20(26)23-14-15-9-5-6-11-17(15)28-2/h5-6,9,11H,3-4,7-8,10,12-14H2,1-2H3,(H,22,27)(H,23,26). The molecule has 0 saturated heterocycles. The molecule has 1 aromatic heterocycles. The van der Waals surface area contributed by atoms with Gasteiger partial charge in [0.05, 0.1) is 12.8 Å². The number of hydrogen-bond donors (Lipinski definition) is 2. The van der Waals surface area contributed by atoms with Crippen LogP contribution in [0.3, 0.4) is 0 Å². The zero-order chi connectivity index (χ0) is 19.9. The van der Waals surface area contributed by atoms with Crippen LogP contribution in [0.2, 0.25) is 0 Å². The minimum Gasteiger partial charge on any atom is -0.496 e. The number of aromatic nitrogens is 2. The first kappa shape index (κ1) is 19.9. The van der Waals surface area contributed by atoms with Crippen LogP contribution in [-0.2, 0) is 19.5 Å². The highest BCUT2D eigenvalue weighted by Crippen LogP contribution is 2.22. The van der Waals surface area contributed by atoms with Crippen molar-refractivity contribution in [3.63, 3.8) is 0 Å². The number of carbonyl (C=O) groups is 2. The van der Waals surface area contributed by atoms with E-state index >= 15 is 0 Å². The molecule has 2 amide bonds. The number of para-hydroxylation sites is 1. The van der Waals surface area contributed by atoms with Crippen molar-refractivity contribution < 1.29 is 14.3 Å². The average molecular weight is 384 g/mol. The third kappa shape index (κ3) is 4.35. The van der Waals surface area contributed by atoms with Crippen LogP contribution >= 0.6 is 0 Å². The minimum atomic E-state index is -0.260. The van der Waals surface area contributed by atoms with Gasteiger partial charge in [-0.25, -0.2) is 4.98 Å². The first-order valence-electron chi connectivity index (χ1n) is 9.93. The average Bonchev–Trinajstić information content (AvgIpc) is 3.12. The van der Waals surface area contributed by atoms with E-state index < -0.39 is 0 Å². The van der Waals surface area contributed by atoms with Crippen molar-refractivity contribution in [3.8, 4) is 5.75 Å². The summed E-state index contributed by atoms with van der Waals surface area (Å²) in [5.74, 6) is 0.600.